The van der Waals surface area contributed by atoms with Gasteiger partial charge in [0.05, 0.1) is 19.1 Å². The maximum Gasteiger partial charge on any atom is 0.326 e. The number of unbranched alkanes of at least 4 members (excludes halogenated alkanes) is 2. The highest BCUT2D eigenvalue weighted by Gasteiger charge is 2.37. The van der Waals surface area contributed by atoms with E-state index < -0.39 is 28.9 Å². The van der Waals surface area contributed by atoms with Crippen molar-refractivity contribution >= 4 is 23.9 Å². The molecule has 0 heterocycles. The second-order valence-corrected chi connectivity index (χ2v) is 9.88. The molecule has 0 saturated carbocycles. The molecular formula is C28H43NO8. The zero-order valence-corrected chi connectivity index (χ0v) is 23.1. The molecule has 0 fully saturated rings. The Morgan fingerprint density at radius 1 is 0.865 bits per heavy atom. The Bertz CT molecular complexity index is 927. The van der Waals surface area contributed by atoms with Gasteiger partial charge in [-0.1, -0.05) is 39.7 Å². The lowest BCUT2D eigenvalue weighted by atomic mass is 9.88. The fourth-order valence-corrected chi connectivity index (χ4v) is 3.31. The average molecular weight is 522 g/mol. The van der Waals surface area contributed by atoms with Crippen LogP contribution >= 0.6 is 0 Å². The molecule has 0 radical (unpaired) electrons. The largest absolute Gasteiger partial charge is 0.468 e. The van der Waals surface area contributed by atoms with Crippen LogP contribution in [-0.4, -0.2) is 43.1 Å². The van der Waals surface area contributed by atoms with Crippen LogP contribution in [0.1, 0.15) is 91.5 Å². The molecular weight excluding hydrogens is 478 g/mol. The van der Waals surface area contributed by atoms with Crippen LogP contribution in [0.5, 0.6) is 11.5 Å². The fraction of sp³-hybridized carbons (Fsp3) is 0.643. The van der Waals surface area contributed by atoms with Crippen LogP contribution in [0.15, 0.2) is 18.2 Å². The predicted molar refractivity (Wildman–Crippen MR) is 139 cm³/mol. The fourth-order valence-electron chi connectivity index (χ4n) is 3.31. The Balaban J connectivity index is 3.15. The van der Waals surface area contributed by atoms with Crippen molar-refractivity contribution < 1.29 is 38.1 Å². The summed E-state index contributed by atoms with van der Waals surface area (Å²) in [5.41, 5.74) is 4.84. The Hall–Kier alpha value is -2.94. The Morgan fingerprint density at radius 3 is 1.95 bits per heavy atom. The Labute approximate surface area is 220 Å². The minimum Gasteiger partial charge on any atom is -0.468 e. The zero-order valence-electron chi connectivity index (χ0n) is 23.1. The number of esters is 4. The van der Waals surface area contributed by atoms with E-state index in [-0.39, 0.29) is 49.8 Å². The van der Waals surface area contributed by atoms with Crippen LogP contribution in [0.4, 0.5) is 0 Å². The van der Waals surface area contributed by atoms with Crippen LogP contribution in [0.2, 0.25) is 0 Å². The lowest BCUT2D eigenvalue weighted by Crippen LogP contribution is -2.51. The molecule has 0 aromatic heterocycles. The third-order valence-corrected chi connectivity index (χ3v) is 6.25. The van der Waals surface area contributed by atoms with E-state index in [1.165, 1.54) is 19.2 Å². The highest BCUT2D eigenvalue weighted by atomic mass is 16.6. The maximum absolute atomic E-state index is 12.6. The van der Waals surface area contributed by atoms with Crippen molar-refractivity contribution in [3.63, 3.8) is 0 Å². The van der Waals surface area contributed by atoms with Gasteiger partial charge in [-0.3, -0.25) is 19.2 Å². The Kier molecular flexibility index (Phi) is 13.3. The second-order valence-electron chi connectivity index (χ2n) is 9.88. The first-order valence-electron chi connectivity index (χ1n) is 13.0. The van der Waals surface area contributed by atoms with Crippen LogP contribution in [0.25, 0.3) is 0 Å². The molecule has 0 bridgehead atoms. The molecule has 0 spiro atoms. The van der Waals surface area contributed by atoms with Gasteiger partial charge in [0.1, 0.15) is 5.54 Å². The van der Waals surface area contributed by atoms with Crippen molar-refractivity contribution in [3.8, 4) is 11.5 Å². The number of rotatable bonds is 16. The van der Waals surface area contributed by atoms with Crippen molar-refractivity contribution in [1.82, 2.24) is 0 Å². The van der Waals surface area contributed by atoms with E-state index in [2.05, 4.69) is 0 Å². The van der Waals surface area contributed by atoms with Crippen molar-refractivity contribution in [1.29, 1.82) is 0 Å². The first-order chi connectivity index (χ1) is 17.4. The van der Waals surface area contributed by atoms with Gasteiger partial charge in [-0.25, -0.2) is 0 Å². The average Bonchev–Trinajstić information content (AvgIpc) is 2.86. The topological polar surface area (TPSA) is 131 Å². The SMILES string of the molecule is CCCCC(=O)Oc1ccc(C[C@](N)(CCOC(=O)C(C)(C)CC)C(=O)OC)cc1OC(=O)CCCC. The van der Waals surface area contributed by atoms with Gasteiger partial charge in [-0.2, -0.15) is 0 Å². The molecule has 37 heavy (non-hydrogen) atoms. The van der Waals surface area contributed by atoms with Crippen molar-refractivity contribution in [3.05, 3.63) is 23.8 Å². The molecule has 1 aromatic rings. The lowest BCUT2D eigenvalue weighted by Gasteiger charge is -2.28. The minimum atomic E-state index is -1.51. The molecule has 0 aliphatic rings. The van der Waals surface area contributed by atoms with E-state index in [0.717, 1.165) is 12.8 Å². The highest BCUT2D eigenvalue weighted by molar-refractivity contribution is 5.81. The van der Waals surface area contributed by atoms with Gasteiger partial charge < -0.3 is 24.7 Å². The minimum absolute atomic E-state index is 0.0119. The number of hydrogen-bond acceptors (Lipinski definition) is 9. The molecule has 9 nitrogen and oxygen atoms in total. The molecule has 0 saturated heterocycles. The zero-order chi connectivity index (χ0) is 28.1. The van der Waals surface area contributed by atoms with E-state index >= 15 is 0 Å². The first-order valence-corrected chi connectivity index (χ1v) is 13.0. The summed E-state index contributed by atoms with van der Waals surface area (Å²) in [5.74, 6) is -1.74. The van der Waals surface area contributed by atoms with Gasteiger partial charge >= 0.3 is 23.9 Å². The standard InChI is InChI=1S/C28H43NO8/c1-7-10-12-23(30)36-21-15-14-20(18-22(21)37-24(31)13-11-8-2)19-28(29,26(33)34-6)16-17-35-25(32)27(4,5)9-3/h14-15,18H,7-13,16-17,19,29H2,1-6H3/t28-/m1/s1. The van der Waals surface area contributed by atoms with Gasteiger partial charge in [0.15, 0.2) is 11.5 Å². The molecule has 0 aliphatic carbocycles. The summed E-state index contributed by atoms with van der Waals surface area (Å²) in [6, 6.07) is 4.69. The maximum atomic E-state index is 12.6. The van der Waals surface area contributed by atoms with Crippen LogP contribution in [0.3, 0.4) is 0 Å². The predicted octanol–water partition coefficient (Wildman–Crippen LogP) is 4.66. The molecule has 1 rings (SSSR count). The molecule has 0 amide bonds. The van der Waals surface area contributed by atoms with Crippen molar-refractivity contribution in [2.24, 2.45) is 11.1 Å². The van der Waals surface area contributed by atoms with Crippen LogP contribution in [0, 0.1) is 5.41 Å². The molecule has 208 valence electrons. The van der Waals surface area contributed by atoms with Gasteiger partial charge in [0.2, 0.25) is 0 Å². The summed E-state index contributed by atoms with van der Waals surface area (Å²) in [6.07, 6.45) is 4.08. The quantitative estimate of drug-likeness (QED) is 0.244. The molecule has 0 aliphatic heterocycles. The normalized spacial score (nSPS) is 12.8. The summed E-state index contributed by atoms with van der Waals surface area (Å²) >= 11 is 0. The number of carbonyl (C=O) groups excluding carboxylic acids is 4. The summed E-state index contributed by atoms with van der Waals surface area (Å²) in [5, 5.41) is 0. The van der Waals surface area contributed by atoms with Crippen LogP contribution in [-0.2, 0) is 35.1 Å². The Morgan fingerprint density at radius 2 is 1.43 bits per heavy atom. The summed E-state index contributed by atoms with van der Waals surface area (Å²) in [4.78, 5) is 49.5. The monoisotopic (exact) mass is 521 g/mol. The van der Waals surface area contributed by atoms with E-state index in [1.807, 2.05) is 20.8 Å². The smallest absolute Gasteiger partial charge is 0.326 e. The van der Waals surface area contributed by atoms with Gasteiger partial charge in [0.25, 0.3) is 0 Å². The molecule has 0 unspecified atom stereocenters. The van der Waals surface area contributed by atoms with Gasteiger partial charge in [0, 0.05) is 25.7 Å². The second kappa shape index (κ2) is 15.3. The van der Waals surface area contributed by atoms with E-state index in [0.29, 0.717) is 24.8 Å². The van der Waals surface area contributed by atoms with Crippen LogP contribution < -0.4 is 15.2 Å². The first kappa shape index (κ1) is 32.1. The highest BCUT2D eigenvalue weighted by Crippen LogP contribution is 2.31. The summed E-state index contributed by atoms with van der Waals surface area (Å²) < 4.78 is 21.3. The van der Waals surface area contributed by atoms with Crippen molar-refractivity contribution in [2.75, 3.05) is 13.7 Å². The number of hydrogen-bond donors (Lipinski definition) is 1. The van der Waals surface area contributed by atoms with E-state index in [1.54, 1.807) is 19.9 Å². The van der Waals surface area contributed by atoms with E-state index in [4.69, 9.17) is 24.7 Å². The molecule has 2 N–H and O–H groups in total. The number of ether oxygens (including phenoxy) is 4. The van der Waals surface area contributed by atoms with Gasteiger partial charge in [-0.05, 0) is 50.8 Å². The molecule has 9 heteroatoms. The lowest BCUT2D eigenvalue weighted by molar-refractivity contribution is -0.157. The summed E-state index contributed by atoms with van der Waals surface area (Å²) in [7, 11) is 1.23. The summed E-state index contributed by atoms with van der Waals surface area (Å²) in [6.45, 7) is 9.31. The number of benzene rings is 1. The number of carbonyl (C=O) groups is 4. The van der Waals surface area contributed by atoms with Gasteiger partial charge in [-0.15, -0.1) is 0 Å². The van der Waals surface area contributed by atoms with Crippen molar-refractivity contribution in [2.45, 2.75) is 97.9 Å². The number of methoxy groups -OCH3 is 1. The van der Waals surface area contributed by atoms with E-state index in [9.17, 15) is 19.2 Å². The third kappa shape index (κ3) is 10.5. The molecule has 1 atom stereocenters. The molecule has 1 aromatic carbocycles. The number of nitrogens with two attached hydrogens (primary N) is 1. The third-order valence-electron chi connectivity index (χ3n) is 6.25.